The van der Waals surface area contributed by atoms with E-state index in [1.54, 1.807) is 30.3 Å². The number of benzene rings is 2. The summed E-state index contributed by atoms with van der Waals surface area (Å²) in [7, 11) is 0. The zero-order chi connectivity index (χ0) is 17.5. The fourth-order valence-electron chi connectivity index (χ4n) is 2.47. The summed E-state index contributed by atoms with van der Waals surface area (Å²) in [6.45, 7) is 1.65. The van der Waals surface area contributed by atoms with Crippen molar-refractivity contribution in [2.75, 3.05) is 13.2 Å². The van der Waals surface area contributed by atoms with Gasteiger partial charge in [-0.2, -0.15) is 0 Å². The van der Waals surface area contributed by atoms with Crippen molar-refractivity contribution in [2.24, 2.45) is 0 Å². The van der Waals surface area contributed by atoms with Gasteiger partial charge < -0.3 is 5.11 Å². The van der Waals surface area contributed by atoms with E-state index in [2.05, 4.69) is 0 Å². The second-order valence-corrected chi connectivity index (χ2v) is 6.24. The van der Waals surface area contributed by atoms with Gasteiger partial charge in [-0.05, 0) is 24.1 Å². The molecule has 0 bridgehead atoms. The fraction of sp³-hybridized carbons (Fsp3) is 0.294. The third-order valence-electron chi connectivity index (χ3n) is 3.60. The molecule has 0 aliphatic carbocycles. The number of nitrogens with zero attached hydrogens (tertiary/aromatic N) is 2. The first-order valence-electron chi connectivity index (χ1n) is 7.50. The Balaban J connectivity index is 2.19. The molecule has 0 radical (unpaired) electrons. The molecule has 5 nitrogen and oxygen atoms in total. The molecule has 2 aromatic rings. The van der Waals surface area contributed by atoms with Crippen LogP contribution in [-0.2, 0) is 13.1 Å². The second-order valence-electron chi connectivity index (χ2n) is 5.42. The Hall–Kier alpha value is -1.66. The molecule has 7 heteroatoms. The summed E-state index contributed by atoms with van der Waals surface area (Å²) in [5.41, 5.74) is 1.70. The molecule has 0 spiro atoms. The van der Waals surface area contributed by atoms with Crippen LogP contribution in [-0.4, -0.2) is 28.1 Å². The van der Waals surface area contributed by atoms with Gasteiger partial charge in [0.25, 0.3) is 5.69 Å². The van der Waals surface area contributed by atoms with E-state index in [0.717, 1.165) is 5.56 Å². The van der Waals surface area contributed by atoms with Crippen LogP contribution in [0.15, 0.2) is 42.5 Å². The summed E-state index contributed by atoms with van der Waals surface area (Å²) in [4.78, 5) is 12.8. The minimum absolute atomic E-state index is 0.0642. The molecular formula is C17H18Cl2N2O3. The van der Waals surface area contributed by atoms with Gasteiger partial charge in [0.1, 0.15) is 0 Å². The number of hydrogen-bond donors (Lipinski definition) is 1. The number of rotatable bonds is 8. The fourth-order valence-corrected chi connectivity index (χ4v) is 2.79. The van der Waals surface area contributed by atoms with Crippen molar-refractivity contribution in [1.82, 2.24) is 4.90 Å². The van der Waals surface area contributed by atoms with Crippen LogP contribution >= 0.6 is 23.2 Å². The van der Waals surface area contributed by atoms with Gasteiger partial charge in [0.2, 0.25) is 0 Å². The average Bonchev–Trinajstić information content (AvgIpc) is 2.56. The molecule has 0 aromatic heterocycles. The molecule has 1 N–H and O–H groups in total. The van der Waals surface area contributed by atoms with E-state index in [1.165, 1.54) is 6.07 Å². The van der Waals surface area contributed by atoms with Crippen molar-refractivity contribution < 1.29 is 10.0 Å². The molecule has 0 saturated heterocycles. The van der Waals surface area contributed by atoms with Crippen LogP contribution in [0.1, 0.15) is 17.5 Å². The maximum absolute atomic E-state index is 11.2. The lowest BCUT2D eigenvalue weighted by Gasteiger charge is -2.22. The van der Waals surface area contributed by atoms with Crippen LogP contribution in [0.3, 0.4) is 0 Å². The molecule has 0 saturated carbocycles. The van der Waals surface area contributed by atoms with Crippen molar-refractivity contribution in [3.63, 3.8) is 0 Å². The predicted molar refractivity (Wildman–Crippen MR) is 95.4 cm³/mol. The summed E-state index contributed by atoms with van der Waals surface area (Å²) in [6, 6.07) is 12.1. The molecule has 0 amide bonds. The predicted octanol–water partition coefficient (Wildman–Crippen LogP) is 4.29. The van der Waals surface area contributed by atoms with Crippen LogP contribution in [0, 0.1) is 10.1 Å². The van der Waals surface area contributed by atoms with E-state index in [4.69, 9.17) is 28.3 Å². The standard InChI is InChI=1S/C17H18Cl2N2O3/c18-15-7-6-13(10-16(15)19)11-20(8-3-9-22)12-14-4-1-2-5-17(14)21(23)24/h1-2,4-7,10,22H,3,8-9,11-12H2. The Kier molecular flexibility index (Phi) is 6.99. The highest BCUT2D eigenvalue weighted by Gasteiger charge is 2.16. The third kappa shape index (κ3) is 5.18. The topological polar surface area (TPSA) is 66.6 Å². The summed E-state index contributed by atoms with van der Waals surface area (Å²) in [5.74, 6) is 0. The maximum atomic E-state index is 11.2. The minimum atomic E-state index is -0.376. The van der Waals surface area contributed by atoms with Gasteiger partial charge in [0.05, 0.1) is 15.0 Å². The first kappa shape index (κ1) is 18.7. The number of nitro benzene ring substituents is 1. The Morgan fingerprint density at radius 1 is 1.08 bits per heavy atom. The minimum Gasteiger partial charge on any atom is -0.396 e. The van der Waals surface area contributed by atoms with E-state index < -0.39 is 0 Å². The van der Waals surface area contributed by atoms with Gasteiger partial charge in [-0.3, -0.25) is 15.0 Å². The molecule has 0 atom stereocenters. The SMILES string of the molecule is O=[N+]([O-])c1ccccc1CN(CCCO)Cc1ccc(Cl)c(Cl)c1. The van der Waals surface area contributed by atoms with E-state index in [1.807, 2.05) is 11.0 Å². The van der Waals surface area contributed by atoms with Gasteiger partial charge in [-0.1, -0.05) is 47.5 Å². The van der Waals surface area contributed by atoms with E-state index in [-0.39, 0.29) is 17.2 Å². The Morgan fingerprint density at radius 2 is 1.83 bits per heavy atom. The van der Waals surface area contributed by atoms with Crippen LogP contribution in [0.25, 0.3) is 0 Å². The molecule has 24 heavy (non-hydrogen) atoms. The lowest BCUT2D eigenvalue weighted by atomic mass is 10.1. The smallest absolute Gasteiger partial charge is 0.273 e. The second kappa shape index (κ2) is 8.99. The van der Waals surface area contributed by atoms with E-state index in [0.29, 0.717) is 41.7 Å². The maximum Gasteiger partial charge on any atom is 0.273 e. The number of para-hydroxylation sites is 1. The van der Waals surface area contributed by atoms with Crippen molar-refractivity contribution in [3.8, 4) is 0 Å². The quantitative estimate of drug-likeness (QED) is 0.557. The van der Waals surface area contributed by atoms with Crippen LogP contribution < -0.4 is 0 Å². The van der Waals surface area contributed by atoms with Gasteiger partial charge in [0.15, 0.2) is 0 Å². The largest absolute Gasteiger partial charge is 0.396 e. The summed E-state index contributed by atoms with van der Waals surface area (Å²) in [6.07, 6.45) is 0.585. The molecule has 0 aliphatic rings. The summed E-state index contributed by atoms with van der Waals surface area (Å²) in [5, 5.41) is 21.2. The molecule has 2 rings (SSSR count). The normalized spacial score (nSPS) is 11.0. The first-order valence-corrected chi connectivity index (χ1v) is 8.26. The zero-order valence-electron chi connectivity index (χ0n) is 13.0. The number of hydrogen-bond acceptors (Lipinski definition) is 4. The van der Waals surface area contributed by atoms with E-state index >= 15 is 0 Å². The number of aliphatic hydroxyl groups excluding tert-OH is 1. The number of aliphatic hydroxyl groups is 1. The lowest BCUT2D eigenvalue weighted by Crippen LogP contribution is -2.25. The van der Waals surface area contributed by atoms with Crippen molar-refractivity contribution >= 4 is 28.9 Å². The summed E-state index contributed by atoms with van der Waals surface area (Å²) >= 11 is 12.0. The third-order valence-corrected chi connectivity index (χ3v) is 4.34. The highest BCUT2D eigenvalue weighted by molar-refractivity contribution is 6.42. The van der Waals surface area contributed by atoms with Gasteiger partial charge in [-0.15, -0.1) is 0 Å². The van der Waals surface area contributed by atoms with Crippen LogP contribution in [0.2, 0.25) is 10.0 Å². The average molecular weight is 369 g/mol. The number of halogens is 2. The van der Waals surface area contributed by atoms with Gasteiger partial charge in [0, 0.05) is 37.9 Å². The molecule has 0 heterocycles. The monoisotopic (exact) mass is 368 g/mol. The van der Waals surface area contributed by atoms with E-state index in [9.17, 15) is 10.1 Å². The van der Waals surface area contributed by atoms with Crippen molar-refractivity contribution in [2.45, 2.75) is 19.5 Å². The van der Waals surface area contributed by atoms with Crippen molar-refractivity contribution in [1.29, 1.82) is 0 Å². The molecule has 0 fully saturated rings. The zero-order valence-corrected chi connectivity index (χ0v) is 14.5. The Morgan fingerprint density at radius 3 is 2.50 bits per heavy atom. The molecule has 2 aromatic carbocycles. The Labute approximate surface area is 150 Å². The van der Waals surface area contributed by atoms with Crippen molar-refractivity contribution in [3.05, 3.63) is 73.8 Å². The highest BCUT2D eigenvalue weighted by atomic mass is 35.5. The van der Waals surface area contributed by atoms with Crippen LogP contribution in [0.5, 0.6) is 0 Å². The molecular weight excluding hydrogens is 351 g/mol. The molecule has 0 aliphatic heterocycles. The Bertz CT molecular complexity index is 710. The first-order chi connectivity index (χ1) is 11.5. The van der Waals surface area contributed by atoms with Crippen LogP contribution in [0.4, 0.5) is 5.69 Å². The van der Waals surface area contributed by atoms with Gasteiger partial charge >= 0.3 is 0 Å². The molecule has 0 unspecified atom stereocenters. The highest BCUT2D eigenvalue weighted by Crippen LogP contribution is 2.25. The van der Waals surface area contributed by atoms with Gasteiger partial charge in [-0.25, -0.2) is 0 Å². The molecule has 128 valence electrons. The lowest BCUT2D eigenvalue weighted by molar-refractivity contribution is -0.385. The summed E-state index contributed by atoms with van der Waals surface area (Å²) < 4.78 is 0. The number of nitro groups is 1.